The Hall–Kier alpha value is -2.85. The fraction of sp³-hybridized carbons (Fsp3) is 0.357. The van der Waals surface area contributed by atoms with E-state index < -0.39 is 23.8 Å². The van der Waals surface area contributed by atoms with E-state index in [1.165, 1.54) is 24.1 Å². The van der Waals surface area contributed by atoms with Crippen molar-refractivity contribution in [1.82, 2.24) is 10.0 Å². The minimum absolute atomic E-state index is 0.219. The Balaban J connectivity index is 0.00000235. The van der Waals surface area contributed by atoms with Crippen LogP contribution in [0.15, 0.2) is 65.6 Å². The quantitative estimate of drug-likeness (QED) is 0.255. The van der Waals surface area contributed by atoms with Crippen molar-refractivity contribution in [1.29, 1.82) is 0 Å². The number of aliphatic hydroxyl groups excluding tert-OH is 1. The van der Waals surface area contributed by atoms with E-state index in [-0.39, 0.29) is 13.0 Å². The molecule has 0 spiro atoms. The Morgan fingerprint density at radius 3 is 2.19 bits per heavy atom. The van der Waals surface area contributed by atoms with E-state index in [2.05, 4.69) is 10.0 Å². The van der Waals surface area contributed by atoms with Crippen molar-refractivity contribution >= 4 is 11.9 Å². The average molecular weight is 535 g/mol. The number of ether oxygens (including phenoxy) is 3. The lowest BCUT2D eigenvalue weighted by atomic mass is 10.0. The minimum atomic E-state index is -0.848. The van der Waals surface area contributed by atoms with Gasteiger partial charge in [0.2, 0.25) is 0 Å². The van der Waals surface area contributed by atoms with Gasteiger partial charge in [-0.15, -0.1) is 0 Å². The zero-order chi connectivity index (χ0) is 27.2. The van der Waals surface area contributed by atoms with Crippen LogP contribution in [0.4, 0.5) is 8.78 Å². The molecule has 0 saturated heterocycles. The molecule has 0 bridgehead atoms. The summed E-state index contributed by atoms with van der Waals surface area (Å²) in [6.07, 6.45) is -0.628. The molecule has 3 rings (SSSR count). The van der Waals surface area contributed by atoms with Crippen LogP contribution < -0.4 is 24.2 Å². The first-order chi connectivity index (χ1) is 17.9. The van der Waals surface area contributed by atoms with E-state index in [1.54, 1.807) is 27.4 Å². The highest BCUT2D eigenvalue weighted by Gasteiger charge is 2.21. The first kappa shape index (κ1) is 30.4. The fourth-order valence-corrected chi connectivity index (χ4v) is 4.38. The van der Waals surface area contributed by atoms with Gasteiger partial charge in [-0.05, 0) is 72.0 Å². The number of benzene rings is 3. The third kappa shape index (κ3) is 9.85. The summed E-state index contributed by atoms with van der Waals surface area (Å²) in [5.41, 5.74) is 1.45. The molecule has 3 aromatic carbocycles. The predicted molar refractivity (Wildman–Crippen MR) is 144 cm³/mol. The smallest absolute Gasteiger partial charge is 0.161 e. The number of nitrogens with one attached hydrogen (secondary N) is 2. The van der Waals surface area contributed by atoms with Gasteiger partial charge in [-0.1, -0.05) is 26.0 Å². The molecule has 3 N–H and O–H groups in total. The third-order valence-electron chi connectivity index (χ3n) is 5.34. The summed E-state index contributed by atoms with van der Waals surface area (Å²) in [4.78, 5) is 0.828. The molecule has 3 aromatic rings. The van der Waals surface area contributed by atoms with Crippen LogP contribution in [0, 0.1) is 11.6 Å². The summed E-state index contributed by atoms with van der Waals surface area (Å²) in [7, 11) is 4.72. The Bertz CT molecular complexity index is 1080. The molecule has 0 heterocycles. The Morgan fingerprint density at radius 2 is 1.54 bits per heavy atom. The van der Waals surface area contributed by atoms with E-state index >= 15 is 0 Å². The summed E-state index contributed by atoms with van der Waals surface area (Å²) in [6, 6.07) is 15.9. The van der Waals surface area contributed by atoms with E-state index in [1.807, 2.05) is 50.2 Å². The highest BCUT2D eigenvalue weighted by atomic mass is 32.2. The van der Waals surface area contributed by atoms with Gasteiger partial charge in [0.1, 0.15) is 17.4 Å². The molecule has 9 heteroatoms. The van der Waals surface area contributed by atoms with Gasteiger partial charge in [0.05, 0.1) is 27.4 Å². The summed E-state index contributed by atoms with van der Waals surface area (Å²) in [5, 5.41) is 14.2. The van der Waals surface area contributed by atoms with Crippen LogP contribution in [0.5, 0.6) is 17.2 Å². The number of halogens is 2. The zero-order valence-corrected chi connectivity index (χ0v) is 22.7. The first-order valence-electron chi connectivity index (χ1n) is 12.0. The minimum Gasteiger partial charge on any atom is -0.497 e. The lowest BCUT2D eigenvalue weighted by Gasteiger charge is -2.24. The number of hydrogen-bond acceptors (Lipinski definition) is 7. The summed E-state index contributed by atoms with van der Waals surface area (Å²) in [5.74, 6) is 0.617. The molecular formula is C28H36F2N2O4S. The number of methoxy groups -OCH3 is 3. The van der Waals surface area contributed by atoms with E-state index in [0.29, 0.717) is 23.6 Å². The van der Waals surface area contributed by atoms with E-state index in [4.69, 9.17) is 14.2 Å². The van der Waals surface area contributed by atoms with Crippen LogP contribution in [0.25, 0.3) is 0 Å². The Kier molecular flexibility index (Phi) is 13.2. The van der Waals surface area contributed by atoms with Crippen molar-refractivity contribution in [3.63, 3.8) is 0 Å². The number of rotatable bonds is 13. The zero-order valence-electron chi connectivity index (χ0n) is 21.9. The van der Waals surface area contributed by atoms with Gasteiger partial charge < -0.3 is 24.6 Å². The second-order valence-electron chi connectivity index (χ2n) is 7.87. The van der Waals surface area contributed by atoms with E-state index in [0.717, 1.165) is 22.3 Å². The molecule has 202 valence electrons. The molecule has 0 saturated carbocycles. The average Bonchev–Trinajstić information content (AvgIpc) is 2.91. The largest absolute Gasteiger partial charge is 0.497 e. The SMILES string of the molecule is CC.COc1cccc(CNC[C@@H](O)[C@H](Cc2cc(F)cc(F)c2)NSc2ccc(OC)c(OC)c2)c1. The standard InChI is InChI=1S/C26H30F2N2O4S.C2H6/c1-32-21-6-4-5-17(11-21)15-29-16-24(31)23(12-18-9-19(27)13-20(28)10-18)30-35-22-7-8-25(33-2)26(14-22)34-3;1-2/h4-11,13-14,23-24,29-31H,12,15-16H2,1-3H3;1-2H3/t23-,24+;/m0./s1. The third-order valence-corrected chi connectivity index (χ3v) is 6.25. The molecule has 0 unspecified atom stereocenters. The van der Waals surface area contributed by atoms with Crippen molar-refractivity contribution < 1.29 is 28.1 Å². The highest BCUT2D eigenvalue weighted by Crippen LogP contribution is 2.31. The second kappa shape index (κ2) is 16.1. The monoisotopic (exact) mass is 534 g/mol. The maximum absolute atomic E-state index is 13.8. The molecular weight excluding hydrogens is 498 g/mol. The summed E-state index contributed by atoms with van der Waals surface area (Å²) < 4.78 is 46.6. The lowest BCUT2D eigenvalue weighted by molar-refractivity contribution is 0.136. The molecule has 0 radical (unpaired) electrons. The topological polar surface area (TPSA) is 72.0 Å². The second-order valence-corrected chi connectivity index (χ2v) is 8.79. The molecule has 2 atom stereocenters. The van der Waals surface area contributed by atoms with Crippen LogP contribution in [0.1, 0.15) is 25.0 Å². The summed E-state index contributed by atoms with van der Waals surface area (Å²) >= 11 is 1.29. The molecule has 0 aromatic heterocycles. The van der Waals surface area contributed by atoms with Crippen molar-refractivity contribution in [2.24, 2.45) is 0 Å². The van der Waals surface area contributed by atoms with Crippen molar-refractivity contribution in [2.45, 2.75) is 43.9 Å². The molecule has 0 aliphatic rings. The van der Waals surface area contributed by atoms with Crippen molar-refractivity contribution in [3.8, 4) is 17.2 Å². The predicted octanol–water partition coefficient (Wildman–Crippen LogP) is 5.38. The van der Waals surface area contributed by atoms with Gasteiger partial charge >= 0.3 is 0 Å². The Labute approximate surface area is 222 Å². The van der Waals surface area contributed by atoms with Gasteiger partial charge in [0.15, 0.2) is 11.5 Å². The van der Waals surface area contributed by atoms with E-state index in [9.17, 15) is 13.9 Å². The van der Waals surface area contributed by atoms with Gasteiger partial charge in [0.25, 0.3) is 0 Å². The molecule has 37 heavy (non-hydrogen) atoms. The molecule has 0 aliphatic carbocycles. The van der Waals surface area contributed by atoms with Gasteiger partial charge in [-0.3, -0.25) is 4.72 Å². The lowest BCUT2D eigenvalue weighted by Crippen LogP contribution is -2.44. The van der Waals surface area contributed by atoms with Crippen LogP contribution in [-0.4, -0.2) is 45.1 Å². The number of aliphatic hydroxyl groups is 1. The molecule has 0 amide bonds. The molecule has 0 aliphatic heterocycles. The molecule has 6 nitrogen and oxygen atoms in total. The van der Waals surface area contributed by atoms with Crippen molar-refractivity contribution in [2.75, 3.05) is 27.9 Å². The van der Waals surface area contributed by atoms with Gasteiger partial charge in [0, 0.05) is 30.1 Å². The maximum atomic E-state index is 13.8. The number of hydrogen-bond donors (Lipinski definition) is 3. The van der Waals surface area contributed by atoms with Crippen LogP contribution >= 0.6 is 11.9 Å². The fourth-order valence-electron chi connectivity index (χ4n) is 3.55. The summed E-state index contributed by atoms with van der Waals surface area (Å²) in [6.45, 7) is 4.79. The van der Waals surface area contributed by atoms with Crippen LogP contribution in [-0.2, 0) is 13.0 Å². The molecule has 0 fully saturated rings. The highest BCUT2D eigenvalue weighted by molar-refractivity contribution is 7.97. The first-order valence-corrected chi connectivity index (χ1v) is 12.8. The van der Waals surface area contributed by atoms with Crippen molar-refractivity contribution in [3.05, 3.63) is 83.4 Å². The Morgan fingerprint density at radius 1 is 0.838 bits per heavy atom. The van der Waals surface area contributed by atoms with Crippen LogP contribution in [0.3, 0.4) is 0 Å². The van der Waals surface area contributed by atoms with Gasteiger partial charge in [-0.25, -0.2) is 8.78 Å². The normalized spacial score (nSPS) is 12.2. The maximum Gasteiger partial charge on any atom is 0.161 e. The van der Waals surface area contributed by atoms with Gasteiger partial charge in [-0.2, -0.15) is 0 Å². The van der Waals surface area contributed by atoms with Crippen LogP contribution in [0.2, 0.25) is 0 Å².